The lowest BCUT2D eigenvalue weighted by atomic mass is 9.77. The van der Waals surface area contributed by atoms with Gasteiger partial charge < -0.3 is 15.2 Å². The number of aromatic nitrogens is 2. The molecule has 2 aromatic heterocycles. The van der Waals surface area contributed by atoms with Gasteiger partial charge in [0.1, 0.15) is 5.52 Å². The van der Waals surface area contributed by atoms with Crippen molar-refractivity contribution < 1.29 is 13.9 Å². The lowest BCUT2D eigenvalue weighted by Crippen LogP contribution is -2.47. The van der Waals surface area contributed by atoms with Gasteiger partial charge >= 0.3 is 0 Å². The summed E-state index contributed by atoms with van der Waals surface area (Å²) in [7, 11) is 3.22. The van der Waals surface area contributed by atoms with Gasteiger partial charge in [0.15, 0.2) is 5.82 Å². The number of nitrogens with two attached hydrogens (primary N) is 1. The van der Waals surface area contributed by atoms with Gasteiger partial charge in [0.2, 0.25) is 5.88 Å². The normalized spacial score (nSPS) is 24.1. The molecule has 1 aliphatic rings. The topological polar surface area (TPSA) is 70.3 Å². The number of fused-ring (bicyclic) bond motifs is 1. The second-order valence-corrected chi connectivity index (χ2v) is 6.73. The third-order valence-electron chi connectivity index (χ3n) is 4.88. The monoisotopic (exact) mass is 345 g/mol. The Morgan fingerprint density at radius 2 is 2.08 bits per heavy atom. The number of hydrogen-bond acceptors (Lipinski definition) is 5. The number of hydrogen-bond donors (Lipinski definition) is 1. The van der Waals surface area contributed by atoms with E-state index in [1.165, 1.54) is 13.3 Å². The summed E-state index contributed by atoms with van der Waals surface area (Å²) < 4.78 is 24.7. The van der Waals surface area contributed by atoms with Crippen molar-refractivity contribution in [2.45, 2.75) is 31.2 Å². The molecule has 2 N–H and O–H groups in total. The third-order valence-corrected chi connectivity index (χ3v) is 4.88. The van der Waals surface area contributed by atoms with Crippen LogP contribution in [0.4, 0.5) is 4.39 Å². The van der Waals surface area contributed by atoms with Crippen molar-refractivity contribution in [3.8, 4) is 5.88 Å². The first kappa shape index (κ1) is 17.8. The Kier molecular flexibility index (Phi) is 5.30. The SMILES string of the molecule is COCC1(N)CCC(/C=C\c2c(F)cnc3ccc(OC)nc23)CC1. The first-order valence-corrected chi connectivity index (χ1v) is 8.50. The van der Waals surface area contributed by atoms with Gasteiger partial charge in [-0.3, -0.25) is 4.98 Å². The molecule has 1 fully saturated rings. The fraction of sp³-hybridized carbons (Fsp3) is 0.474. The Morgan fingerprint density at radius 3 is 2.76 bits per heavy atom. The Bertz CT molecular complexity index is 771. The van der Waals surface area contributed by atoms with Crippen LogP contribution in [0.1, 0.15) is 31.2 Å². The molecule has 0 aromatic carbocycles. The van der Waals surface area contributed by atoms with Crippen LogP contribution in [0, 0.1) is 11.7 Å². The highest BCUT2D eigenvalue weighted by atomic mass is 19.1. The Hall–Kier alpha value is -2.05. The lowest BCUT2D eigenvalue weighted by molar-refractivity contribution is 0.101. The summed E-state index contributed by atoms with van der Waals surface area (Å²) in [6, 6.07) is 3.50. The zero-order valence-electron chi connectivity index (χ0n) is 14.7. The van der Waals surface area contributed by atoms with Gasteiger partial charge in [-0.15, -0.1) is 0 Å². The van der Waals surface area contributed by atoms with Crippen LogP contribution in [0.5, 0.6) is 5.88 Å². The van der Waals surface area contributed by atoms with E-state index < -0.39 is 0 Å². The maximum atomic E-state index is 14.3. The molecule has 6 heteroatoms. The molecular formula is C19H24FN3O2. The van der Waals surface area contributed by atoms with Crippen LogP contribution in [0.2, 0.25) is 0 Å². The maximum absolute atomic E-state index is 14.3. The molecule has 0 unspecified atom stereocenters. The van der Waals surface area contributed by atoms with E-state index in [1.807, 2.05) is 6.08 Å². The number of ether oxygens (including phenoxy) is 2. The molecule has 25 heavy (non-hydrogen) atoms. The number of allylic oxidation sites excluding steroid dienone is 1. The Labute approximate surface area is 147 Å². The molecule has 2 heterocycles. The quantitative estimate of drug-likeness (QED) is 0.900. The highest BCUT2D eigenvalue weighted by molar-refractivity contribution is 5.84. The molecule has 0 amide bonds. The van der Waals surface area contributed by atoms with E-state index in [9.17, 15) is 4.39 Å². The summed E-state index contributed by atoms with van der Waals surface area (Å²) >= 11 is 0. The van der Waals surface area contributed by atoms with Crippen molar-refractivity contribution in [3.63, 3.8) is 0 Å². The van der Waals surface area contributed by atoms with E-state index in [0.29, 0.717) is 35.0 Å². The highest BCUT2D eigenvalue weighted by Gasteiger charge is 2.30. The average molecular weight is 345 g/mol. The number of methoxy groups -OCH3 is 2. The van der Waals surface area contributed by atoms with Crippen LogP contribution in [0.25, 0.3) is 17.1 Å². The van der Waals surface area contributed by atoms with Gasteiger partial charge in [-0.05, 0) is 37.7 Å². The van der Waals surface area contributed by atoms with E-state index in [4.69, 9.17) is 15.2 Å². The largest absolute Gasteiger partial charge is 0.481 e. The molecule has 2 aromatic rings. The number of halogens is 1. The fourth-order valence-corrected chi connectivity index (χ4v) is 3.39. The first-order valence-electron chi connectivity index (χ1n) is 8.50. The van der Waals surface area contributed by atoms with Crippen LogP contribution in [0.15, 0.2) is 24.4 Å². The first-order chi connectivity index (χ1) is 12.0. The van der Waals surface area contributed by atoms with Crippen molar-refractivity contribution >= 4 is 17.1 Å². The van der Waals surface area contributed by atoms with E-state index in [1.54, 1.807) is 19.2 Å². The Morgan fingerprint density at radius 1 is 1.32 bits per heavy atom. The van der Waals surface area contributed by atoms with E-state index in [2.05, 4.69) is 16.0 Å². The molecule has 0 bridgehead atoms. The van der Waals surface area contributed by atoms with Gasteiger partial charge in [-0.2, -0.15) is 0 Å². The predicted octanol–water partition coefficient (Wildman–Crippen LogP) is 3.32. The van der Waals surface area contributed by atoms with E-state index >= 15 is 0 Å². The fourth-order valence-electron chi connectivity index (χ4n) is 3.39. The smallest absolute Gasteiger partial charge is 0.213 e. The van der Waals surface area contributed by atoms with Gasteiger partial charge in [0, 0.05) is 24.3 Å². The summed E-state index contributed by atoms with van der Waals surface area (Å²) in [6.45, 7) is 0.580. The summed E-state index contributed by atoms with van der Waals surface area (Å²) in [5.41, 5.74) is 7.70. The molecular weight excluding hydrogens is 321 g/mol. The average Bonchev–Trinajstić information content (AvgIpc) is 2.62. The van der Waals surface area contributed by atoms with Crippen LogP contribution < -0.4 is 10.5 Å². The van der Waals surface area contributed by atoms with Crippen LogP contribution >= 0.6 is 0 Å². The van der Waals surface area contributed by atoms with E-state index in [-0.39, 0.29) is 11.4 Å². The van der Waals surface area contributed by atoms with E-state index in [0.717, 1.165) is 25.7 Å². The van der Waals surface area contributed by atoms with Crippen molar-refractivity contribution in [3.05, 3.63) is 35.8 Å². The highest BCUT2D eigenvalue weighted by Crippen LogP contribution is 2.32. The van der Waals surface area contributed by atoms with Crippen molar-refractivity contribution in [1.82, 2.24) is 9.97 Å². The van der Waals surface area contributed by atoms with Crippen LogP contribution in [0.3, 0.4) is 0 Å². The molecule has 0 spiro atoms. The van der Waals surface area contributed by atoms with Gasteiger partial charge in [-0.25, -0.2) is 9.37 Å². The molecule has 0 saturated heterocycles. The second kappa shape index (κ2) is 7.45. The van der Waals surface area contributed by atoms with Gasteiger partial charge in [0.05, 0.1) is 25.4 Å². The predicted molar refractivity (Wildman–Crippen MR) is 95.8 cm³/mol. The molecule has 5 nitrogen and oxygen atoms in total. The third kappa shape index (κ3) is 3.96. The molecule has 134 valence electrons. The standard InChI is InChI=1S/C19H24FN3O2/c1-24-12-19(21)9-7-13(8-10-19)3-4-14-15(20)11-22-16-5-6-17(25-2)23-18(14)16/h3-6,11,13H,7-10,12,21H2,1-2H3/b4-3-. The van der Waals surface area contributed by atoms with Crippen LogP contribution in [-0.4, -0.2) is 36.3 Å². The van der Waals surface area contributed by atoms with Crippen molar-refractivity contribution in [1.29, 1.82) is 0 Å². The molecule has 3 rings (SSSR count). The summed E-state index contributed by atoms with van der Waals surface area (Å²) in [6.07, 6.45) is 8.86. The number of nitrogens with zero attached hydrogens (tertiary/aromatic N) is 2. The lowest BCUT2D eigenvalue weighted by Gasteiger charge is -2.35. The van der Waals surface area contributed by atoms with Crippen molar-refractivity contribution in [2.24, 2.45) is 11.7 Å². The molecule has 1 aliphatic carbocycles. The molecule has 1 saturated carbocycles. The zero-order chi connectivity index (χ0) is 17.9. The molecule has 0 radical (unpaired) electrons. The minimum atomic E-state index is -0.382. The minimum Gasteiger partial charge on any atom is -0.481 e. The summed E-state index contributed by atoms with van der Waals surface area (Å²) in [5, 5.41) is 0. The second-order valence-electron chi connectivity index (χ2n) is 6.73. The van der Waals surface area contributed by atoms with Crippen molar-refractivity contribution in [2.75, 3.05) is 20.8 Å². The number of pyridine rings is 2. The summed E-state index contributed by atoms with van der Waals surface area (Å²) in [4.78, 5) is 8.45. The maximum Gasteiger partial charge on any atom is 0.213 e. The van der Waals surface area contributed by atoms with Crippen LogP contribution in [-0.2, 0) is 4.74 Å². The van der Waals surface area contributed by atoms with Gasteiger partial charge in [-0.1, -0.05) is 12.2 Å². The zero-order valence-corrected chi connectivity index (χ0v) is 14.7. The number of rotatable bonds is 5. The molecule has 0 aliphatic heterocycles. The molecule has 0 atom stereocenters. The Balaban J connectivity index is 1.81. The summed E-state index contributed by atoms with van der Waals surface area (Å²) in [5.74, 6) is 0.439. The van der Waals surface area contributed by atoms with Gasteiger partial charge in [0.25, 0.3) is 0 Å². The minimum absolute atomic E-state index is 0.234.